The first-order valence-electron chi connectivity index (χ1n) is 27.9. The smallest absolute Gasteiger partial charge is 0.306 e. The van der Waals surface area contributed by atoms with E-state index in [1.54, 1.807) is 30.3 Å². The number of carboxylic acid groups (broad SMARTS) is 1. The molecular weight excluding hydrogens is 1010 g/mol. The minimum Gasteiger partial charge on any atom is -0.490 e. The molecular formula is C63H71ClN4O10. The molecule has 3 fully saturated rings. The predicted octanol–water partition coefficient (Wildman–Crippen LogP) is 12.3. The highest BCUT2D eigenvalue weighted by molar-refractivity contribution is 6.32. The van der Waals surface area contributed by atoms with Crippen LogP contribution in [0, 0.1) is 36.0 Å². The molecule has 1 aliphatic heterocycles. The van der Waals surface area contributed by atoms with Crippen LogP contribution in [0.2, 0.25) is 5.02 Å². The molecule has 8 rings (SSSR count). The van der Waals surface area contributed by atoms with Crippen molar-refractivity contribution in [2.45, 2.75) is 161 Å². The molecule has 0 saturated heterocycles. The maximum absolute atomic E-state index is 14.0. The SMILES string of the molecule is C=C(C)c1cc2c(cc1C=C1CCC(CCC3CCC=C(c4ccc(C(=O)NCC[C@H]5CC[C@@H](Oc6ccc(C#N)c(Cl)c6)CC5)nc4C)CC3)CC1)C(=O)N(C1CCC(=O)/C(=C\COC(=O)CCCCC(=O)O)C1=O)C2=O. The van der Waals surface area contributed by atoms with Gasteiger partial charge in [0, 0.05) is 37.6 Å². The van der Waals surface area contributed by atoms with Crippen molar-refractivity contribution in [3.05, 3.63) is 122 Å². The molecule has 3 aromatic rings. The number of pyridine rings is 1. The maximum Gasteiger partial charge on any atom is 0.306 e. The molecule has 5 aliphatic rings. The molecule has 2 atom stereocenters. The van der Waals surface area contributed by atoms with Crippen LogP contribution in [-0.2, 0) is 23.9 Å². The summed E-state index contributed by atoms with van der Waals surface area (Å²) < 4.78 is 11.3. The highest BCUT2D eigenvalue weighted by Crippen LogP contribution is 2.40. The van der Waals surface area contributed by atoms with E-state index < -0.39 is 41.4 Å². The number of rotatable bonds is 20. The van der Waals surface area contributed by atoms with Crippen LogP contribution in [0.25, 0.3) is 17.2 Å². The standard InChI is InChI=1S/C63H71ClN4O10/c1-38(2)51-36-53-52(62(75)68(63(53)76)56-27-28-57(69)50(60(56)73)30-32-77-59(72)10-5-4-9-58(70)71)34-46(51)33-43-15-13-41(14-16-43)12-11-40-7-6-8-44(20-17-40)49-25-26-55(67-39(49)3)61(74)66-31-29-42-18-22-47(23-19-42)78-48-24-21-45(37-65)54(64)35-48/h8,21,24-26,30,33-36,40-42,47,56H,1,4-7,9-20,22-23,27-29,31-32H2,2-3H3,(H,66,74)(H,70,71)/b43-33?,50-30+/t40?,41?,42-,47+,56?. The number of aryl methyl sites for hydroxylation is 1. The van der Waals surface area contributed by atoms with E-state index >= 15 is 0 Å². The van der Waals surface area contributed by atoms with Crippen LogP contribution in [0.5, 0.6) is 5.75 Å². The minimum atomic E-state index is -1.18. The number of nitrogens with one attached hydrogen (secondary N) is 1. The van der Waals surface area contributed by atoms with Gasteiger partial charge in [0.05, 0.1) is 33.4 Å². The third-order valence-electron chi connectivity index (χ3n) is 16.5. The third kappa shape index (κ3) is 14.4. The van der Waals surface area contributed by atoms with Gasteiger partial charge >= 0.3 is 11.9 Å². The summed E-state index contributed by atoms with van der Waals surface area (Å²) in [6, 6.07) is 13.4. The number of fused-ring (bicyclic) bond motifs is 1. The van der Waals surface area contributed by atoms with Gasteiger partial charge in [0.25, 0.3) is 17.7 Å². The zero-order valence-corrected chi connectivity index (χ0v) is 45.7. The minimum absolute atomic E-state index is 0.00487. The number of carbonyl (C=O) groups is 7. The van der Waals surface area contributed by atoms with Crippen molar-refractivity contribution in [2.75, 3.05) is 13.2 Å². The number of unbranched alkanes of at least 4 members (excludes halogenated alkanes) is 1. The topological polar surface area (TPSA) is 210 Å². The molecule has 3 saturated carbocycles. The number of aliphatic carboxylic acids is 1. The fraction of sp³-hybridized carbons (Fsp3) is 0.476. The number of aromatic nitrogens is 1. The predicted molar refractivity (Wildman–Crippen MR) is 297 cm³/mol. The number of carbonyl (C=O) groups excluding carboxylic acids is 6. The number of hydrogen-bond donors (Lipinski definition) is 2. The summed E-state index contributed by atoms with van der Waals surface area (Å²) in [6.45, 7) is 8.30. The van der Waals surface area contributed by atoms with E-state index in [0.717, 1.165) is 116 Å². The number of halogens is 1. The second-order valence-electron chi connectivity index (χ2n) is 21.9. The molecule has 410 valence electrons. The number of nitriles is 1. The van der Waals surface area contributed by atoms with Gasteiger partial charge in [-0.15, -0.1) is 0 Å². The molecule has 2 heterocycles. The van der Waals surface area contributed by atoms with E-state index in [2.05, 4.69) is 36.2 Å². The molecule has 4 aliphatic carbocycles. The molecule has 15 heteroatoms. The van der Waals surface area contributed by atoms with Gasteiger partial charge in [-0.1, -0.05) is 60.4 Å². The quantitative estimate of drug-likeness (QED) is 0.0356. The first-order valence-corrected chi connectivity index (χ1v) is 28.3. The molecule has 0 bridgehead atoms. The molecule has 14 nitrogen and oxygen atoms in total. The zero-order chi connectivity index (χ0) is 55.5. The Kier molecular flexibility index (Phi) is 19.5. The first kappa shape index (κ1) is 57.2. The van der Waals surface area contributed by atoms with Crippen molar-refractivity contribution in [2.24, 2.45) is 17.8 Å². The van der Waals surface area contributed by atoms with Crippen LogP contribution in [0.3, 0.4) is 0 Å². The van der Waals surface area contributed by atoms with Crippen LogP contribution in [0.15, 0.2) is 72.3 Å². The molecule has 0 radical (unpaired) electrons. The van der Waals surface area contributed by atoms with Gasteiger partial charge in [-0.25, -0.2) is 4.98 Å². The number of benzene rings is 2. The van der Waals surface area contributed by atoms with E-state index in [1.165, 1.54) is 30.1 Å². The lowest BCUT2D eigenvalue weighted by atomic mass is 9.80. The van der Waals surface area contributed by atoms with Crippen molar-refractivity contribution in [1.29, 1.82) is 5.26 Å². The van der Waals surface area contributed by atoms with Crippen molar-refractivity contribution in [3.8, 4) is 11.8 Å². The van der Waals surface area contributed by atoms with Crippen LogP contribution < -0.4 is 10.1 Å². The van der Waals surface area contributed by atoms with Gasteiger partial charge in [0.1, 0.15) is 30.2 Å². The van der Waals surface area contributed by atoms with Crippen molar-refractivity contribution < 1.29 is 48.1 Å². The summed E-state index contributed by atoms with van der Waals surface area (Å²) in [5.41, 5.74) is 7.96. The van der Waals surface area contributed by atoms with Gasteiger partial charge in [0.2, 0.25) is 0 Å². The second-order valence-corrected chi connectivity index (χ2v) is 22.3. The first-order chi connectivity index (χ1) is 37.6. The second kappa shape index (κ2) is 26.6. The average molecular weight is 1080 g/mol. The summed E-state index contributed by atoms with van der Waals surface area (Å²) in [7, 11) is 0. The number of esters is 1. The number of hydrogen-bond acceptors (Lipinski definition) is 11. The van der Waals surface area contributed by atoms with Gasteiger partial charge in [-0.3, -0.25) is 38.5 Å². The molecule has 2 N–H and O–H groups in total. The number of allylic oxidation sites excluding steroid dienone is 4. The van der Waals surface area contributed by atoms with Crippen LogP contribution in [0.1, 0.15) is 201 Å². The summed E-state index contributed by atoms with van der Waals surface area (Å²) in [5.74, 6) is -1.55. The Hall–Kier alpha value is -6.98. The number of amides is 3. The Balaban J connectivity index is 0.770. The Morgan fingerprint density at radius 1 is 0.846 bits per heavy atom. The van der Waals surface area contributed by atoms with E-state index in [9.17, 15) is 33.6 Å². The number of imide groups is 1. The molecule has 0 spiro atoms. The van der Waals surface area contributed by atoms with E-state index in [4.69, 9.17) is 36.4 Å². The van der Waals surface area contributed by atoms with Gasteiger partial charge in [0.15, 0.2) is 11.6 Å². The number of ketones is 2. The zero-order valence-electron chi connectivity index (χ0n) is 45.0. The lowest BCUT2D eigenvalue weighted by molar-refractivity contribution is -0.143. The number of ether oxygens (including phenoxy) is 2. The molecule has 2 unspecified atom stereocenters. The maximum atomic E-state index is 14.0. The van der Waals surface area contributed by atoms with E-state index in [1.807, 2.05) is 19.9 Å². The molecule has 2 aromatic carbocycles. The normalized spacial score (nSPS) is 22.1. The molecule has 78 heavy (non-hydrogen) atoms. The average Bonchev–Trinajstić information content (AvgIpc) is 3.72. The van der Waals surface area contributed by atoms with Crippen molar-refractivity contribution >= 4 is 70.0 Å². The summed E-state index contributed by atoms with van der Waals surface area (Å²) >= 11 is 6.19. The number of Topliss-reactive ketones (excluding diaryl/α,β-unsaturated/α-hetero) is 2. The van der Waals surface area contributed by atoms with Crippen molar-refractivity contribution in [1.82, 2.24) is 15.2 Å². The van der Waals surface area contributed by atoms with Crippen LogP contribution in [-0.4, -0.2) is 81.5 Å². The Morgan fingerprint density at radius 2 is 1.54 bits per heavy atom. The summed E-state index contributed by atoms with van der Waals surface area (Å²) in [6.07, 6.45) is 21.8. The Bertz CT molecular complexity index is 2980. The monoisotopic (exact) mass is 1080 g/mol. The fourth-order valence-electron chi connectivity index (χ4n) is 11.9. The van der Waals surface area contributed by atoms with Crippen LogP contribution in [0.4, 0.5) is 0 Å². The number of nitrogens with zero attached hydrogens (tertiary/aromatic N) is 3. The lowest BCUT2D eigenvalue weighted by Gasteiger charge is -2.29. The third-order valence-corrected chi connectivity index (χ3v) is 16.8. The van der Waals surface area contributed by atoms with E-state index in [0.29, 0.717) is 59.2 Å². The van der Waals surface area contributed by atoms with Gasteiger partial charge in [-0.05, 0) is 193 Å². The largest absolute Gasteiger partial charge is 0.490 e. The van der Waals surface area contributed by atoms with Gasteiger partial charge < -0.3 is 19.9 Å². The van der Waals surface area contributed by atoms with Crippen LogP contribution >= 0.6 is 11.6 Å². The van der Waals surface area contributed by atoms with Gasteiger partial charge in [-0.2, -0.15) is 5.26 Å². The summed E-state index contributed by atoms with van der Waals surface area (Å²) in [5, 5.41) is 21.4. The fourth-order valence-corrected chi connectivity index (χ4v) is 12.2. The molecule has 3 amide bonds. The highest BCUT2D eigenvalue weighted by Gasteiger charge is 2.46. The Labute approximate surface area is 462 Å². The Morgan fingerprint density at radius 3 is 2.23 bits per heavy atom. The molecule has 1 aromatic heterocycles. The lowest BCUT2D eigenvalue weighted by Crippen LogP contribution is -2.48. The highest BCUT2D eigenvalue weighted by atomic mass is 35.5. The van der Waals surface area contributed by atoms with E-state index in [-0.39, 0.29) is 61.0 Å². The number of carboxylic acids is 1. The summed E-state index contributed by atoms with van der Waals surface area (Å²) in [4.78, 5) is 96.4. The van der Waals surface area contributed by atoms with Crippen molar-refractivity contribution in [3.63, 3.8) is 0 Å².